The molecule has 2 rings (SSSR count). The van der Waals surface area contributed by atoms with Crippen LogP contribution >= 0.6 is 0 Å². The normalized spacial score (nSPS) is 17.8. The van der Waals surface area contributed by atoms with Crippen molar-refractivity contribution in [3.8, 4) is 0 Å². The Morgan fingerprint density at radius 3 is 2.65 bits per heavy atom. The number of hydrogen-bond acceptors (Lipinski definition) is 3. The van der Waals surface area contributed by atoms with Crippen LogP contribution in [0.4, 0.5) is 5.82 Å². The molecule has 0 radical (unpaired) electrons. The lowest BCUT2D eigenvalue weighted by Crippen LogP contribution is -2.35. The van der Waals surface area contributed by atoms with Gasteiger partial charge < -0.3 is 10.0 Å². The Labute approximate surface area is 103 Å². The molecule has 0 atom stereocenters. The number of anilines is 1. The van der Waals surface area contributed by atoms with Crippen LogP contribution in [0.2, 0.25) is 0 Å². The van der Waals surface area contributed by atoms with Crippen LogP contribution in [0.15, 0.2) is 18.2 Å². The van der Waals surface area contributed by atoms with Crippen LogP contribution in [-0.2, 0) is 6.61 Å². The summed E-state index contributed by atoms with van der Waals surface area (Å²) in [6.45, 7) is 6.82. The first-order valence-electron chi connectivity index (χ1n) is 6.52. The van der Waals surface area contributed by atoms with Gasteiger partial charge in [0.25, 0.3) is 0 Å². The van der Waals surface area contributed by atoms with E-state index in [0.29, 0.717) is 0 Å². The predicted molar refractivity (Wildman–Crippen MR) is 69.9 cm³/mol. The summed E-state index contributed by atoms with van der Waals surface area (Å²) < 4.78 is 0. The van der Waals surface area contributed by atoms with E-state index in [4.69, 9.17) is 5.11 Å². The summed E-state index contributed by atoms with van der Waals surface area (Å²) in [6, 6.07) is 5.88. The van der Waals surface area contributed by atoms with E-state index in [-0.39, 0.29) is 6.61 Å². The standard InChI is InChI=1S/C14H22N2O/c1-11(2)12-6-8-16(9-7-12)14-5-3-4-13(10-17)15-14/h3-5,11-12,17H,6-10H2,1-2H3. The topological polar surface area (TPSA) is 36.4 Å². The van der Waals surface area contributed by atoms with Gasteiger partial charge in [0, 0.05) is 13.1 Å². The Morgan fingerprint density at radius 2 is 2.06 bits per heavy atom. The number of nitrogens with zero attached hydrogens (tertiary/aromatic N) is 2. The van der Waals surface area contributed by atoms with Gasteiger partial charge in [-0.3, -0.25) is 0 Å². The van der Waals surface area contributed by atoms with Crippen LogP contribution in [0.3, 0.4) is 0 Å². The van der Waals surface area contributed by atoms with Gasteiger partial charge in [0.1, 0.15) is 5.82 Å². The Morgan fingerprint density at radius 1 is 1.35 bits per heavy atom. The molecule has 3 heteroatoms. The summed E-state index contributed by atoms with van der Waals surface area (Å²) in [5.74, 6) is 2.65. The number of aromatic nitrogens is 1. The summed E-state index contributed by atoms with van der Waals surface area (Å²) in [4.78, 5) is 6.79. The maximum Gasteiger partial charge on any atom is 0.128 e. The maximum absolute atomic E-state index is 9.09. The van der Waals surface area contributed by atoms with E-state index >= 15 is 0 Å². The first-order valence-corrected chi connectivity index (χ1v) is 6.52. The molecule has 1 aliphatic heterocycles. The van der Waals surface area contributed by atoms with E-state index in [1.54, 1.807) is 0 Å². The van der Waals surface area contributed by atoms with Crippen LogP contribution in [-0.4, -0.2) is 23.2 Å². The second kappa shape index (κ2) is 5.50. The lowest BCUT2D eigenvalue weighted by atomic mass is 9.87. The minimum atomic E-state index is 0.0241. The maximum atomic E-state index is 9.09. The molecule has 0 bridgehead atoms. The molecule has 0 amide bonds. The van der Waals surface area contributed by atoms with Crippen molar-refractivity contribution in [2.75, 3.05) is 18.0 Å². The van der Waals surface area contributed by atoms with Gasteiger partial charge in [0.2, 0.25) is 0 Å². The lowest BCUT2D eigenvalue weighted by molar-refractivity contribution is 0.276. The molecule has 1 saturated heterocycles. The predicted octanol–water partition coefficient (Wildman–Crippen LogP) is 2.45. The van der Waals surface area contributed by atoms with Gasteiger partial charge in [-0.05, 0) is 36.8 Å². The van der Waals surface area contributed by atoms with Crippen LogP contribution in [0.25, 0.3) is 0 Å². The highest BCUT2D eigenvalue weighted by atomic mass is 16.3. The minimum absolute atomic E-state index is 0.0241. The molecule has 0 aromatic carbocycles. The van der Waals surface area contributed by atoms with E-state index in [1.165, 1.54) is 12.8 Å². The molecule has 0 unspecified atom stereocenters. The van der Waals surface area contributed by atoms with Crippen LogP contribution in [0.5, 0.6) is 0 Å². The van der Waals surface area contributed by atoms with Crippen molar-refractivity contribution >= 4 is 5.82 Å². The van der Waals surface area contributed by atoms with Gasteiger partial charge in [0.05, 0.1) is 12.3 Å². The van der Waals surface area contributed by atoms with Crippen LogP contribution in [0.1, 0.15) is 32.4 Å². The Kier molecular flexibility index (Phi) is 4.00. The molecule has 1 N–H and O–H groups in total. The third-order valence-corrected chi connectivity index (χ3v) is 3.76. The highest BCUT2D eigenvalue weighted by Crippen LogP contribution is 2.26. The van der Waals surface area contributed by atoms with E-state index < -0.39 is 0 Å². The van der Waals surface area contributed by atoms with Gasteiger partial charge in [-0.1, -0.05) is 19.9 Å². The fourth-order valence-corrected chi connectivity index (χ4v) is 2.53. The van der Waals surface area contributed by atoms with Crippen molar-refractivity contribution in [2.24, 2.45) is 11.8 Å². The van der Waals surface area contributed by atoms with E-state index in [1.807, 2.05) is 18.2 Å². The molecule has 2 heterocycles. The summed E-state index contributed by atoms with van der Waals surface area (Å²) in [7, 11) is 0. The summed E-state index contributed by atoms with van der Waals surface area (Å²) in [5.41, 5.74) is 0.758. The molecule has 0 spiro atoms. The fraction of sp³-hybridized carbons (Fsp3) is 0.643. The molecule has 1 aromatic rings. The highest BCUT2D eigenvalue weighted by molar-refractivity contribution is 5.39. The van der Waals surface area contributed by atoms with Crippen molar-refractivity contribution in [3.05, 3.63) is 23.9 Å². The number of aliphatic hydroxyl groups excluding tert-OH is 1. The minimum Gasteiger partial charge on any atom is -0.390 e. The van der Waals surface area contributed by atoms with Gasteiger partial charge in [0.15, 0.2) is 0 Å². The number of hydrogen-bond donors (Lipinski definition) is 1. The Bertz CT molecular complexity index is 357. The zero-order valence-corrected chi connectivity index (χ0v) is 10.8. The van der Waals surface area contributed by atoms with Crippen LogP contribution < -0.4 is 4.90 Å². The number of rotatable bonds is 3. The van der Waals surface area contributed by atoms with Gasteiger partial charge in [-0.15, -0.1) is 0 Å². The third kappa shape index (κ3) is 2.97. The van der Waals surface area contributed by atoms with Gasteiger partial charge in [-0.2, -0.15) is 0 Å². The van der Waals surface area contributed by atoms with E-state index in [9.17, 15) is 0 Å². The quantitative estimate of drug-likeness (QED) is 0.872. The molecule has 94 valence electrons. The summed E-state index contributed by atoms with van der Waals surface area (Å²) >= 11 is 0. The molecular weight excluding hydrogens is 212 g/mol. The Balaban J connectivity index is 2.00. The van der Waals surface area contributed by atoms with Crippen molar-refractivity contribution in [1.82, 2.24) is 4.98 Å². The first kappa shape index (κ1) is 12.4. The molecule has 3 nitrogen and oxygen atoms in total. The van der Waals surface area contributed by atoms with Crippen molar-refractivity contribution < 1.29 is 5.11 Å². The SMILES string of the molecule is CC(C)C1CCN(c2cccc(CO)n2)CC1. The fourth-order valence-electron chi connectivity index (χ4n) is 2.53. The zero-order valence-electron chi connectivity index (χ0n) is 10.8. The third-order valence-electron chi connectivity index (χ3n) is 3.76. The first-order chi connectivity index (χ1) is 8.20. The Hall–Kier alpha value is -1.09. The lowest BCUT2D eigenvalue weighted by Gasteiger charge is -2.34. The largest absolute Gasteiger partial charge is 0.390 e. The van der Waals surface area contributed by atoms with Crippen LogP contribution in [0, 0.1) is 11.8 Å². The molecule has 1 aromatic heterocycles. The zero-order chi connectivity index (χ0) is 12.3. The summed E-state index contributed by atoms with van der Waals surface area (Å²) in [6.07, 6.45) is 2.51. The van der Waals surface area contributed by atoms with Crippen molar-refractivity contribution in [3.63, 3.8) is 0 Å². The molecule has 0 aliphatic carbocycles. The average Bonchev–Trinajstić information content (AvgIpc) is 2.39. The molecule has 1 fully saturated rings. The smallest absolute Gasteiger partial charge is 0.128 e. The summed E-state index contributed by atoms with van der Waals surface area (Å²) in [5, 5.41) is 9.09. The highest BCUT2D eigenvalue weighted by Gasteiger charge is 2.22. The molecule has 17 heavy (non-hydrogen) atoms. The van der Waals surface area contributed by atoms with E-state index in [2.05, 4.69) is 23.7 Å². The second-order valence-corrected chi connectivity index (χ2v) is 5.21. The number of pyridine rings is 1. The van der Waals surface area contributed by atoms with Crippen molar-refractivity contribution in [1.29, 1.82) is 0 Å². The van der Waals surface area contributed by atoms with E-state index in [0.717, 1.165) is 36.4 Å². The molecular formula is C14H22N2O. The molecule has 1 aliphatic rings. The van der Waals surface area contributed by atoms with Gasteiger partial charge in [-0.25, -0.2) is 4.98 Å². The average molecular weight is 234 g/mol. The second-order valence-electron chi connectivity index (χ2n) is 5.21. The molecule has 0 saturated carbocycles. The number of piperidine rings is 1. The van der Waals surface area contributed by atoms with Crippen molar-refractivity contribution in [2.45, 2.75) is 33.3 Å². The monoisotopic (exact) mass is 234 g/mol. The van der Waals surface area contributed by atoms with Gasteiger partial charge >= 0.3 is 0 Å². The number of aliphatic hydroxyl groups is 1.